The highest BCUT2D eigenvalue weighted by Crippen LogP contribution is 2.22. The molecule has 1 N–H and O–H groups in total. The van der Waals surface area contributed by atoms with Crippen molar-refractivity contribution in [1.29, 1.82) is 5.26 Å². The molecule has 0 saturated carbocycles. The Kier molecular flexibility index (Phi) is 3.48. The lowest BCUT2D eigenvalue weighted by molar-refractivity contribution is 0.163. The predicted octanol–water partition coefficient (Wildman–Crippen LogP) is 2.06. The van der Waals surface area contributed by atoms with Gasteiger partial charge in [0.1, 0.15) is 0 Å². The van der Waals surface area contributed by atoms with Gasteiger partial charge in [0.2, 0.25) is 0 Å². The molecule has 13 heavy (non-hydrogen) atoms. The second-order valence-corrected chi connectivity index (χ2v) is 3.12. The summed E-state index contributed by atoms with van der Waals surface area (Å²) in [6.45, 7) is 1.72. The first-order valence-electron chi connectivity index (χ1n) is 4.35. The normalized spacial score (nSPS) is 14.5. The van der Waals surface area contributed by atoms with Gasteiger partial charge in [0.25, 0.3) is 0 Å². The molecular weight excluding hydrogens is 162 g/mol. The van der Waals surface area contributed by atoms with E-state index in [2.05, 4.69) is 6.07 Å². The highest BCUT2D eigenvalue weighted by Gasteiger charge is 2.15. The smallest absolute Gasteiger partial charge is 0.0629 e. The van der Waals surface area contributed by atoms with Crippen molar-refractivity contribution in [3.05, 3.63) is 35.9 Å². The van der Waals surface area contributed by atoms with Crippen LogP contribution < -0.4 is 0 Å². The van der Waals surface area contributed by atoms with Crippen molar-refractivity contribution in [3.63, 3.8) is 0 Å². The minimum absolute atomic E-state index is 0.0637. The fourth-order valence-corrected chi connectivity index (χ4v) is 1.37. The van der Waals surface area contributed by atoms with E-state index in [9.17, 15) is 5.11 Å². The van der Waals surface area contributed by atoms with E-state index in [0.29, 0.717) is 6.42 Å². The van der Waals surface area contributed by atoms with Crippen LogP contribution in [0.2, 0.25) is 0 Å². The zero-order chi connectivity index (χ0) is 9.68. The minimum Gasteiger partial charge on any atom is -0.393 e. The molecule has 0 saturated heterocycles. The molecule has 0 spiro atoms. The van der Waals surface area contributed by atoms with Gasteiger partial charge in [0.15, 0.2) is 0 Å². The van der Waals surface area contributed by atoms with E-state index in [1.807, 2.05) is 30.3 Å². The Bertz CT molecular complexity index is 287. The Labute approximate surface area is 78.4 Å². The lowest BCUT2D eigenvalue weighted by Gasteiger charge is -2.16. The van der Waals surface area contributed by atoms with Crippen molar-refractivity contribution in [1.82, 2.24) is 0 Å². The van der Waals surface area contributed by atoms with Crippen LogP contribution in [0.1, 0.15) is 24.8 Å². The number of hydrogen-bond acceptors (Lipinski definition) is 2. The van der Waals surface area contributed by atoms with Gasteiger partial charge in [0, 0.05) is 12.3 Å². The predicted molar refractivity (Wildman–Crippen MR) is 51.1 cm³/mol. The average Bonchev–Trinajstić information content (AvgIpc) is 2.15. The number of nitriles is 1. The van der Waals surface area contributed by atoms with Gasteiger partial charge in [-0.2, -0.15) is 5.26 Å². The molecule has 0 fully saturated rings. The molecule has 1 aromatic rings. The van der Waals surface area contributed by atoms with E-state index in [1.165, 1.54) is 0 Å². The van der Waals surface area contributed by atoms with Crippen molar-refractivity contribution < 1.29 is 5.11 Å². The first-order chi connectivity index (χ1) is 6.25. The number of aliphatic hydroxyl groups excluding tert-OH is 1. The van der Waals surface area contributed by atoms with Gasteiger partial charge in [0.05, 0.1) is 12.2 Å². The van der Waals surface area contributed by atoms with Gasteiger partial charge < -0.3 is 5.11 Å². The summed E-state index contributed by atoms with van der Waals surface area (Å²) in [6, 6.07) is 11.7. The van der Waals surface area contributed by atoms with Crippen LogP contribution in [-0.4, -0.2) is 11.2 Å². The number of benzene rings is 1. The molecule has 0 radical (unpaired) electrons. The Balaban J connectivity index is 2.84. The molecule has 2 heteroatoms. The van der Waals surface area contributed by atoms with Crippen LogP contribution in [0.5, 0.6) is 0 Å². The highest BCUT2D eigenvalue weighted by molar-refractivity contribution is 5.21. The van der Waals surface area contributed by atoms with Crippen LogP contribution in [-0.2, 0) is 0 Å². The standard InChI is InChI=1S/C11H13NO/c1-9(13)11(7-8-12)10-5-3-2-4-6-10/h2-6,9,11,13H,7H2,1H3/t9-,11-/m1/s1. The number of rotatable bonds is 3. The van der Waals surface area contributed by atoms with Crippen LogP contribution in [0.25, 0.3) is 0 Å². The number of aliphatic hydroxyl groups is 1. The molecule has 1 aromatic carbocycles. The molecule has 1 rings (SSSR count). The molecule has 0 bridgehead atoms. The summed E-state index contributed by atoms with van der Waals surface area (Å²) in [4.78, 5) is 0. The molecule has 0 aliphatic heterocycles. The van der Waals surface area contributed by atoms with Crippen molar-refractivity contribution in [3.8, 4) is 6.07 Å². The lowest BCUT2D eigenvalue weighted by atomic mass is 9.92. The van der Waals surface area contributed by atoms with E-state index >= 15 is 0 Å². The van der Waals surface area contributed by atoms with E-state index < -0.39 is 6.10 Å². The molecule has 0 amide bonds. The van der Waals surface area contributed by atoms with Crippen LogP contribution >= 0.6 is 0 Å². The van der Waals surface area contributed by atoms with Crippen LogP contribution in [0.15, 0.2) is 30.3 Å². The second-order valence-electron chi connectivity index (χ2n) is 3.12. The van der Waals surface area contributed by atoms with Gasteiger partial charge in [-0.3, -0.25) is 0 Å². The van der Waals surface area contributed by atoms with Gasteiger partial charge in [-0.15, -0.1) is 0 Å². The molecule has 0 heterocycles. The summed E-state index contributed by atoms with van der Waals surface area (Å²) in [7, 11) is 0. The molecular formula is C11H13NO. The minimum atomic E-state index is -0.470. The van der Waals surface area contributed by atoms with E-state index in [4.69, 9.17) is 5.26 Å². The average molecular weight is 175 g/mol. The van der Waals surface area contributed by atoms with Crippen molar-refractivity contribution in [2.24, 2.45) is 0 Å². The Morgan fingerprint density at radius 2 is 2.00 bits per heavy atom. The van der Waals surface area contributed by atoms with Gasteiger partial charge in [-0.1, -0.05) is 30.3 Å². The van der Waals surface area contributed by atoms with Gasteiger partial charge in [-0.05, 0) is 12.5 Å². The summed E-state index contributed by atoms with van der Waals surface area (Å²) in [5, 5.41) is 18.0. The van der Waals surface area contributed by atoms with E-state index in [1.54, 1.807) is 6.92 Å². The summed E-state index contributed by atoms with van der Waals surface area (Å²) in [5.74, 6) is -0.0637. The molecule has 2 nitrogen and oxygen atoms in total. The SMILES string of the molecule is C[C@@H](O)[C@@H](CC#N)c1ccccc1. The molecule has 68 valence electrons. The Morgan fingerprint density at radius 3 is 2.46 bits per heavy atom. The zero-order valence-corrected chi connectivity index (χ0v) is 7.64. The summed E-state index contributed by atoms with van der Waals surface area (Å²) < 4.78 is 0. The lowest BCUT2D eigenvalue weighted by Crippen LogP contribution is -2.13. The highest BCUT2D eigenvalue weighted by atomic mass is 16.3. The first-order valence-corrected chi connectivity index (χ1v) is 4.35. The molecule has 2 atom stereocenters. The topological polar surface area (TPSA) is 44.0 Å². The second kappa shape index (κ2) is 4.64. The maximum absolute atomic E-state index is 9.45. The molecule has 0 unspecified atom stereocenters. The Morgan fingerprint density at radius 1 is 1.38 bits per heavy atom. The zero-order valence-electron chi connectivity index (χ0n) is 7.64. The maximum atomic E-state index is 9.45. The van der Waals surface area contributed by atoms with Crippen molar-refractivity contribution >= 4 is 0 Å². The van der Waals surface area contributed by atoms with E-state index in [0.717, 1.165) is 5.56 Å². The number of nitrogens with zero attached hydrogens (tertiary/aromatic N) is 1. The summed E-state index contributed by atoms with van der Waals surface area (Å²) in [5.41, 5.74) is 1.03. The number of hydrogen-bond donors (Lipinski definition) is 1. The third-order valence-electron chi connectivity index (χ3n) is 2.12. The molecule has 0 aliphatic carbocycles. The monoisotopic (exact) mass is 175 g/mol. The molecule has 0 aliphatic rings. The fraction of sp³-hybridized carbons (Fsp3) is 0.364. The Hall–Kier alpha value is -1.33. The maximum Gasteiger partial charge on any atom is 0.0629 e. The van der Waals surface area contributed by atoms with Crippen molar-refractivity contribution in [2.75, 3.05) is 0 Å². The third-order valence-corrected chi connectivity index (χ3v) is 2.12. The largest absolute Gasteiger partial charge is 0.393 e. The molecule has 0 aromatic heterocycles. The van der Waals surface area contributed by atoms with Crippen LogP contribution in [0.4, 0.5) is 0 Å². The summed E-state index contributed by atoms with van der Waals surface area (Å²) in [6.07, 6.45) is -0.108. The first kappa shape index (κ1) is 9.76. The fourth-order valence-electron chi connectivity index (χ4n) is 1.37. The van der Waals surface area contributed by atoms with Gasteiger partial charge in [-0.25, -0.2) is 0 Å². The third kappa shape index (κ3) is 2.57. The van der Waals surface area contributed by atoms with Gasteiger partial charge >= 0.3 is 0 Å². The van der Waals surface area contributed by atoms with Crippen LogP contribution in [0, 0.1) is 11.3 Å². The summed E-state index contributed by atoms with van der Waals surface area (Å²) >= 11 is 0. The van der Waals surface area contributed by atoms with E-state index in [-0.39, 0.29) is 5.92 Å². The van der Waals surface area contributed by atoms with Crippen LogP contribution in [0.3, 0.4) is 0 Å². The van der Waals surface area contributed by atoms with Crippen molar-refractivity contribution in [2.45, 2.75) is 25.4 Å². The quantitative estimate of drug-likeness (QED) is 0.764.